The number of allylic oxidation sites excluding steroid dienone is 4. The summed E-state index contributed by atoms with van der Waals surface area (Å²) in [6, 6.07) is 0. The van der Waals surface area contributed by atoms with Crippen LogP contribution in [0.1, 0.15) is 51.9 Å². The molecule has 0 amide bonds. The molecule has 0 aromatic heterocycles. The summed E-state index contributed by atoms with van der Waals surface area (Å²) in [5.74, 6) is -4.83. The summed E-state index contributed by atoms with van der Waals surface area (Å²) in [4.78, 5) is 24.7. The number of Topliss-reactive ketones (excluding diaryl/α,β-unsaturated/α-hetero) is 1. The molecule has 3 N–H and O–H groups in total. The molecule has 5 nitrogen and oxygen atoms in total. The molecule has 0 spiro atoms. The molecule has 3 unspecified atom stereocenters. The van der Waals surface area contributed by atoms with Gasteiger partial charge in [0.15, 0.2) is 11.6 Å². The van der Waals surface area contributed by atoms with Crippen molar-refractivity contribution < 1.29 is 30.4 Å². The highest BCUT2D eigenvalue weighted by Crippen LogP contribution is 2.67. The van der Waals surface area contributed by atoms with Crippen molar-refractivity contribution in [3.63, 3.8) is 0 Å². The molecule has 4 aliphatic rings. The third-order valence-electron chi connectivity index (χ3n) is 7.69. The number of aliphatic hydroxyl groups excluding tert-OH is 1. The monoisotopic (exact) mass is 378 g/mol. The van der Waals surface area contributed by atoms with Crippen molar-refractivity contribution in [2.24, 2.45) is 34.5 Å². The van der Waals surface area contributed by atoms with Gasteiger partial charge in [-0.15, -0.1) is 0 Å². The number of rotatable bonds is 2. The van der Waals surface area contributed by atoms with Crippen LogP contribution in [0.2, 0.25) is 0 Å². The molecule has 4 rings (SSSR count). The number of ketones is 2. The molecule has 0 saturated heterocycles. The van der Waals surface area contributed by atoms with Crippen LogP contribution in [0.3, 0.4) is 0 Å². The second-order valence-corrected chi connectivity index (χ2v) is 8.96. The van der Waals surface area contributed by atoms with Gasteiger partial charge in [0.2, 0.25) is 0 Å². The minimum absolute atomic E-state index is 0.113. The van der Waals surface area contributed by atoms with Crippen LogP contribution in [-0.4, -0.2) is 45.2 Å². The van der Waals surface area contributed by atoms with Crippen molar-refractivity contribution in [2.75, 3.05) is 6.61 Å². The fraction of sp³-hybridized carbons (Fsp3) is 0.727. The summed E-state index contributed by atoms with van der Waals surface area (Å²) in [7, 11) is 0. The molecule has 0 aliphatic heterocycles. The predicted molar refractivity (Wildman–Crippen MR) is 99.6 cm³/mol. The number of hydrogen-bond donors (Lipinski definition) is 3. The maximum absolute atomic E-state index is 12.6. The summed E-state index contributed by atoms with van der Waals surface area (Å²) in [6.45, 7) is 3.96. The topological polar surface area (TPSA) is 94.8 Å². The van der Waals surface area contributed by atoms with Crippen LogP contribution in [0, 0.1) is 34.5 Å². The lowest BCUT2D eigenvalue weighted by Crippen LogP contribution is -2.62. The van der Waals surface area contributed by atoms with Gasteiger partial charge in [0, 0.05) is 20.8 Å². The van der Waals surface area contributed by atoms with E-state index in [1.807, 2.05) is 6.92 Å². The Bertz CT molecular complexity index is 929. The van der Waals surface area contributed by atoms with Gasteiger partial charge in [-0.1, -0.05) is 32.4 Å². The van der Waals surface area contributed by atoms with E-state index < -0.39 is 59.0 Å². The molecule has 0 aromatic rings. The first kappa shape index (κ1) is 14.7. The molecule has 3 saturated carbocycles. The van der Waals surface area contributed by atoms with Crippen LogP contribution in [0.15, 0.2) is 23.8 Å². The smallest absolute Gasteiger partial charge is 0.190 e. The molecule has 5 heteroatoms. The molecule has 0 bridgehead atoms. The standard InChI is InChI=1S/C22H30O5/c1-12-8-14-15-5-7-22(27,18(26)11-23)21(15,3)10-17(25)19(14)20(2)6-4-13(24)9-16(12)20/h4,6,9,12,14-15,17,19,23,25,27H,5,7-8,10-11H2,1-3H3/t12-,14?,15?,17-,19?,20-,21-,22-/m0/s1/i10D2,17D,19D. The Balaban J connectivity index is 2.01. The van der Waals surface area contributed by atoms with Crippen LogP contribution in [0.4, 0.5) is 0 Å². The van der Waals surface area contributed by atoms with E-state index in [0.717, 1.165) is 0 Å². The van der Waals surface area contributed by atoms with E-state index in [-0.39, 0.29) is 24.5 Å². The maximum atomic E-state index is 12.6. The van der Waals surface area contributed by atoms with Crippen LogP contribution < -0.4 is 0 Å². The van der Waals surface area contributed by atoms with Crippen molar-refractivity contribution in [1.29, 1.82) is 0 Å². The molecule has 8 atom stereocenters. The molecule has 0 heterocycles. The Kier molecular flexibility index (Phi) is 3.18. The number of aliphatic hydroxyl groups is 3. The zero-order valence-corrected chi connectivity index (χ0v) is 16.0. The van der Waals surface area contributed by atoms with E-state index in [1.54, 1.807) is 6.92 Å². The lowest BCUT2D eigenvalue weighted by Gasteiger charge is -2.60. The summed E-state index contributed by atoms with van der Waals surface area (Å²) in [5, 5.41) is 32.4. The molecular formula is C22H30O5. The molecule has 0 aromatic carbocycles. The van der Waals surface area contributed by atoms with Crippen molar-refractivity contribution in [3.05, 3.63) is 23.8 Å². The second kappa shape index (κ2) is 5.85. The van der Waals surface area contributed by atoms with E-state index in [4.69, 9.17) is 4.11 Å². The van der Waals surface area contributed by atoms with Crippen LogP contribution in [0.5, 0.6) is 0 Å². The fourth-order valence-electron chi connectivity index (χ4n) is 6.29. The van der Waals surface area contributed by atoms with Gasteiger partial charge in [-0.25, -0.2) is 0 Å². The number of carbonyl (C=O) groups is 2. The van der Waals surface area contributed by atoms with Gasteiger partial charge >= 0.3 is 0 Å². The van der Waals surface area contributed by atoms with Crippen LogP contribution in [-0.2, 0) is 9.59 Å². The molecule has 27 heavy (non-hydrogen) atoms. The predicted octanol–water partition coefficient (Wildman–Crippen LogP) is 1.80. The fourth-order valence-corrected chi connectivity index (χ4v) is 6.29. The minimum Gasteiger partial charge on any atom is -0.393 e. The van der Waals surface area contributed by atoms with Crippen LogP contribution >= 0.6 is 0 Å². The van der Waals surface area contributed by atoms with Crippen molar-refractivity contribution in [3.8, 4) is 0 Å². The van der Waals surface area contributed by atoms with Crippen molar-refractivity contribution >= 4 is 11.6 Å². The number of fused-ring (bicyclic) bond motifs is 5. The summed E-state index contributed by atoms with van der Waals surface area (Å²) in [5.41, 5.74) is -4.83. The lowest BCUT2D eigenvalue weighted by molar-refractivity contribution is -0.180. The van der Waals surface area contributed by atoms with Gasteiger partial charge in [-0.2, -0.15) is 0 Å². The zero-order valence-electron chi connectivity index (χ0n) is 20.0. The Morgan fingerprint density at radius 3 is 2.81 bits per heavy atom. The molecular weight excluding hydrogens is 344 g/mol. The number of hydrogen-bond acceptors (Lipinski definition) is 5. The second-order valence-electron chi connectivity index (χ2n) is 8.96. The van der Waals surface area contributed by atoms with Gasteiger partial charge in [0.05, 0.1) is 7.45 Å². The van der Waals surface area contributed by atoms with E-state index in [0.29, 0.717) is 12.0 Å². The SMILES string of the molecule is [2H]C12C(C[C@H](C)C3=CC(=O)C=C[C@@]31C)C1CC[C@](O)(C(=O)CO)[C@@]1(C)C([2H])([2H])[C@]2([2H])O. The first-order valence-electron chi connectivity index (χ1n) is 11.6. The first-order chi connectivity index (χ1) is 14.1. The third-order valence-corrected chi connectivity index (χ3v) is 7.69. The van der Waals surface area contributed by atoms with E-state index in [2.05, 4.69) is 0 Å². The molecule has 148 valence electrons. The molecule has 3 fully saturated rings. The zero-order chi connectivity index (χ0) is 23.4. The van der Waals surface area contributed by atoms with Gasteiger partial charge in [-0.3, -0.25) is 9.59 Å². The van der Waals surface area contributed by atoms with Crippen molar-refractivity contribution in [1.82, 2.24) is 0 Å². The van der Waals surface area contributed by atoms with Gasteiger partial charge in [-0.05, 0) is 55.5 Å². The average molecular weight is 379 g/mol. The van der Waals surface area contributed by atoms with E-state index >= 15 is 0 Å². The van der Waals surface area contributed by atoms with Crippen molar-refractivity contribution in [2.45, 2.75) is 58.1 Å². The quantitative estimate of drug-likeness (QED) is 0.681. The summed E-state index contributed by atoms with van der Waals surface area (Å²) in [6.07, 6.45) is -1.23. The van der Waals surface area contributed by atoms with E-state index in [9.17, 15) is 26.3 Å². The average Bonchev–Trinajstić information content (AvgIpc) is 2.98. The highest BCUT2D eigenvalue weighted by Gasteiger charge is 2.68. The third kappa shape index (κ3) is 2.28. The Morgan fingerprint density at radius 1 is 1.44 bits per heavy atom. The normalized spacial score (nSPS) is 60.7. The van der Waals surface area contributed by atoms with Gasteiger partial charge in [0.25, 0.3) is 0 Å². The lowest BCUT2D eigenvalue weighted by atomic mass is 9.45. The van der Waals surface area contributed by atoms with Gasteiger partial charge in [0.1, 0.15) is 12.2 Å². The Labute approximate surface area is 165 Å². The largest absolute Gasteiger partial charge is 0.393 e. The minimum atomic E-state index is -3.03. The highest BCUT2D eigenvalue weighted by atomic mass is 16.3. The number of carbonyl (C=O) groups excluding carboxylic acids is 2. The maximum Gasteiger partial charge on any atom is 0.190 e. The van der Waals surface area contributed by atoms with E-state index in [1.165, 1.54) is 25.2 Å². The highest BCUT2D eigenvalue weighted by molar-refractivity contribution is 6.01. The molecule has 0 radical (unpaired) electrons. The first-order valence-corrected chi connectivity index (χ1v) is 9.62. The molecule has 4 aliphatic carbocycles. The Morgan fingerprint density at radius 2 is 2.15 bits per heavy atom. The summed E-state index contributed by atoms with van der Waals surface area (Å²) >= 11 is 0. The van der Waals surface area contributed by atoms with Gasteiger partial charge < -0.3 is 15.3 Å². The van der Waals surface area contributed by atoms with Crippen LogP contribution in [0.25, 0.3) is 0 Å². The Hall–Kier alpha value is -1.30. The summed E-state index contributed by atoms with van der Waals surface area (Å²) < 4.78 is 36.3.